The van der Waals surface area contributed by atoms with Crippen molar-refractivity contribution in [3.8, 4) is 0 Å². The molecule has 2 saturated heterocycles. The molecule has 0 spiro atoms. The number of nitrogens with zero attached hydrogens (tertiary/aromatic N) is 4. The number of aliphatic hydroxyl groups is 2. The van der Waals surface area contributed by atoms with Gasteiger partial charge in [-0.05, 0) is 17.7 Å². The van der Waals surface area contributed by atoms with Crippen LogP contribution in [0.2, 0.25) is 0 Å². The van der Waals surface area contributed by atoms with Crippen molar-refractivity contribution >= 4 is 7.82 Å². The van der Waals surface area contributed by atoms with Gasteiger partial charge in [0.25, 0.3) is 5.56 Å². The third-order valence-electron chi connectivity index (χ3n) is 5.38. The van der Waals surface area contributed by atoms with E-state index < -0.39 is 73.1 Å². The Bertz CT molecular complexity index is 1310. The monoisotopic (exact) mass is 517 g/mol. The molecule has 1 unspecified atom stereocenters. The van der Waals surface area contributed by atoms with Gasteiger partial charge in [-0.2, -0.15) is 0 Å². The van der Waals surface area contributed by atoms with Crippen LogP contribution < -0.4 is 11.2 Å². The van der Waals surface area contributed by atoms with Crippen molar-refractivity contribution in [3.63, 3.8) is 0 Å². The number of nitrogens with one attached hydrogen (secondary N) is 1. The third kappa shape index (κ3) is 4.78. The number of phosphoric acid groups is 1. The van der Waals surface area contributed by atoms with Gasteiger partial charge in [0.15, 0.2) is 6.23 Å². The molecule has 188 valence electrons. The van der Waals surface area contributed by atoms with Gasteiger partial charge in [0, 0.05) is 23.6 Å². The van der Waals surface area contributed by atoms with E-state index in [4.69, 9.17) is 23.8 Å². The fraction of sp³-hybridized carbons (Fsp3) is 0.444. The van der Waals surface area contributed by atoms with Gasteiger partial charge in [0.2, 0.25) is 5.72 Å². The zero-order valence-corrected chi connectivity index (χ0v) is 18.5. The van der Waals surface area contributed by atoms with Crippen LogP contribution in [0.15, 0.2) is 45.2 Å². The van der Waals surface area contributed by atoms with Gasteiger partial charge in [-0.3, -0.25) is 27.9 Å². The van der Waals surface area contributed by atoms with E-state index in [1.165, 1.54) is 0 Å². The lowest BCUT2D eigenvalue weighted by Crippen LogP contribution is -2.45. The van der Waals surface area contributed by atoms with Crippen molar-refractivity contribution in [2.24, 2.45) is 5.11 Å². The van der Waals surface area contributed by atoms with Crippen molar-refractivity contribution in [2.75, 3.05) is 13.2 Å². The van der Waals surface area contributed by atoms with E-state index >= 15 is 0 Å². The van der Waals surface area contributed by atoms with Crippen molar-refractivity contribution in [3.05, 3.63) is 78.9 Å². The highest BCUT2D eigenvalue weighted by Crippen LogP contribution is 2.58. The zero-order chi connectivity index (χ0) is 25.4. The number of benzene rings is 1. The molecule has 2 fully saturated rings. The molecule has 17 heteroatoms. The summed E-state index contributed by atoms with van der Waals surface area (Å²) >= 11 is 0. The Kier molecular flexibility index (Phi) is 6.90. The number of aromatic nitrogens is 2. The van der Waals surface area contributed by atoms with Crippen LogP contribution in [-0.2, 0) is 22.9 Å². The highest BCUT2D eigenvalue weighted by atomic mass is 31.2. The minimum atomic E-state index is -4.55. The van der Waals surface area contributed by atoms with Gasteiger partial charge in [0.05, 0.1) is 18.8 Å². The van der Waals surface area contributed by atoms with E-state index in [0.29, 0.717) is 0 Å². The Morgan fingerprint density at radius 1 is 1.31 bits per heavy atom. The van der Waals surface area contributed by atoms with Crippen molar-refractivity contribution in [1.29, 1.82) is 0 Å². The molecule has 3 heterocycles. The molecule has 1 aromatic carbocycles. The van der Waals surface area contributed by atoms with Gasteiger partial charge in [-0.25, -0.2) is 18.1 Å². The number of rotatable bonds is 6. The second kappa shape index (κ2) is 9.60. The van der Waals surface area contributed by atoms with Gasteiger partial charge < -0.3 is 14.9 Å². The molecule has 4 rings (SSSR count). The van der Waals surface area contributed by atoms with E-state index in [0.717, 1.165) is 35.0 Å². The average molecular weight is 517 g/mol. The van der Waals surface area contributed by atoms with Crippen LogP contribution >= 0.6 is 7.82 Å². The van der Waals surface area contributed by atoms with Crippen molar-refractivity contribution in [1.82, 2.24) is 9.55 Å². The van der Waals surface area contributed by atoms with Gasteiger partial charge in [0.1, 0.15) is 29.9 Å². The number of ether oxygens (including phenoxy) is 1. The number of H-pyrrole nitrogens is 1. The molecular weight excluding hydrogens is 499 g/mol. The second-order valence-electron chi connectivity index (χ2n) is 7.57. The molecule has 14 nitrogen and oxygen atoms in total. The first-order chi connectivity index (χ1) is 16.6. The maximum Gasteiger partial charge on any atom is 0.475 e. The normalized spacial score (nSPS) is 32.8. The quantitative estimate of drug-likeness (QED) is 0.219. The van der Waals surface area contributed by atoms with Gasteiger partial charge in [-0.1, -0.05) is 11.2 Å². The summed E-state index contributed by atoms with van der Waals surface area (Å²) in [5.41, 5.74) is 4.32. The molecule has 3 N–H and O–H groups in total. The number of azide groups is 1. The first-order valence-corrected chi connectivity index (χ1v) is 11.5. The molecule has 2 aliphatic rings. The number of hydrogen-bond acceptors (Lipinski definition) is 10. The van der Waals surface area contributed by atoms with Gasteiger partial charge >= 0.3 is 13.5 Å². The van der Waals surface area contributed by atoms with E-state index in [1.54, 1.807) is 0 Å². The minimum absolute atomic E-state index is 0.0677. The molecule has 0 radical (unpaired) electrons. The summed E-state index contributed by atoms with van der Waals surface area (Å²) in [7, 11) is -4.55. The van der Waals surface area contributed by atoms with E-state index in [1.807, 2.05) is 4.98 Å². The fourth-order valence-electron chi connectivity index (χ4n) is 3.69. The highest BCUT2D eigenvalue weighted by Gasteiger charge is 2.56. The third-order valence-corrected chi connectivity index (χ3v) is 6.84. The number of aliphatic hydroxyl groups excluding tert-OH is 2. The fourth-order valence-corrected chi connectivity index (χ4v) is 5.08. The SMILES string of the molecule is [N-]=[N+]=N[C@]1(COP2(=O)OCC[C@@H](c3c(F)cccc3F)O2)O[C@@H](n2ccc(=O)[nH]c2=O)[C@H](O)[C@@H]1O. The number of hydrogen-bond donors (Lipinski definition) is 3. The first kappa shape index (κ1) is 25.2. The van der Waals surface area contributed by atoms with E-state index in [9.17, 15) is 33.1 Å². The average Bonchev–Trinajstić information content (AvgIpc) is 3.04. The van der Waals surface area contributed by atoms with Crippen LogP contribution in [0.3, 0.4) is 0 Å². The molecular formula is C18H18F2N5O9P. The Morgan fingerprint density at radius 2 is 2.03 bits per heavy atom. The zero-order valence-electron chi connectivity index (χ0n) is 17.6. The molecule has 0 bridgehead atoms. The van der Waals surface area contributed by atoms with Gasteiger partial charge in [-0.15, -0.1) is 0 Å². The highest BCUT2D eigenvalue weighted by molar-refractivity contribution is 7.48. The van der Waals surface area contributed by atoms with Crippen LogP contribution in [0.25, 0.3) is 10.4 Å². The smallest absolute Gasteiger partial charge is 0.387 e. The first-order valence-electron chi connectivity index (χ1n) is 10.0. The topological polar surface area (TPSA) is 198 Å². The molecule has 2 aromatic rings. The van der Waals surface area contributed by atoms with Crippen LogP contribution in [0.4, 0.5) is 8.78 Å². The number of aromatic amines is 1. The lowest BCUT2D eigenvalue weighted by molar-refractivity contribution is -0.127. The Hall–Kier alpha value is -2.94. The van der Waals surface area contributed by atoms with E-state index in [2.05, 4.69) is 10.0 Å². The standard InChI is InChI=1S/C18H18F2N5O9P/c19-9-2-1-3-10(20)13(9)11-5-7-31-35(30,34-11)32-8-18(23-24-21)15(28)14(27)16(33-18)25-6-4-12(26)22-17(25)29/h1-4,6,11,14-16,27-28H,5,7-8H2,(H,22,26,29)/t11-,14+,15-,16+,18+,35?/m0/s1. The van der Waals surface area contributed by atoms with Crippen LogP contribution in [0.1, 0.15) is 24.3 Å². The molecule has 1 aromatic heterocycles. The lowest BCUT2D eigenvalue weighted by atomic mass is 10.1. The predicted octanol–water partition coefficient (Wildman–Crippen LogP) is 1.37. The summed E-state index contributed by atoms with van der Waals surface area (Å²) in [6.07, 6.45) is -5.99. The Labute approximate surface area is 193 Å². The van der Waals surface area contributed by atoms with Crippen LogP contribution in [0, 0.1) is 11.6 Å². The Morgan fingerprint density at radius 3 is 2.69 bits per heavy atom. The van der Waals surface area contributed by atoms with Crippen LogP contribution in [0.5, 0.6) is 0 Å². The molecule has 0 aliphatic carbocycles. The summed E-state index contributed by atoms with van der Waals surface area (Å²) < 4.78 is 62.9. The lowest BCUT2D eigenvalue weighted by Gasteiger charge is -2.32. The second-order valence-corrected chi connectivity index (χ2v) is 9.19. The summed E-state index contributed by atoms with van der Waals surface area (Å²) in [5.74, 6) is -1.89. The maximum atomic E-state index is 14.2. The molecule has 2 aliphatic heterocycles. The number of halogens is 2. The van der Waals surface area contributed by atoms with Crippen molar-refractivity contribution < 1.29 is 41.9 Å². The van der Waals surface area contributed by atoms with Crippen LogP contribution in [-0.4, -0.2) is 50.9 Å². The minimum Gasteiger partial charge on any atom is -0.387 e. The maximum absolute atomic E-state index is 14.2. The molecule has 0 amide bonds. The molecule has 0 saturated carbocycles. The summed E-state index contributed by atoms with van der Waals surface area (Å²) in [5, 5.41) is 24.3. The Balaban J connectivity index is 1.57. The van der Waals surface area contributed by atoms with E-state index in [-0.39, 0.29) is 13.0 Å². The number of phosphoric ester groups is 1. The summed E-state index contributed by atoms with van der Waals surface area (Å²) in [6.45, 7) is -1.31. The predicted molar refractivity (Wildman–Crippen MR) is 110 cm³/mol. The molecule has 35 heavy (non-hydrogen) atoms. The van der Waals surface area contributed by atoms with Crippen molar-refractivity contribution in [2.45, 2.75) is 36.7 Å². The largest absolute Gasteiger partial charge is 0.475 e. The summed E-state index contributed by atoms with van der Waals surface area (Å²) in [4.78, 5) is 27.9. The summed E-state index contributed by atoms with van der Waals surface area (Å²) in [6, 6.07) is 4.06. The molecule has 6 atom stereocenters.